The fourth-order valence-electron chi connectivity index (χ4n) is 2.77. The smallest absolute Gasteiger partial charge is 0.106 e. The maximum atomic E-state index is 4.61. The molecule has 2 unspecified atom stereocenters. The van der Waals surface area contributed by atoms with Crippen molar-refractivity contribution in [3.05, 3.63) is 59.8 Å². The summed E-state index contributed by atoms with van der Waals surface area (Å²) in [5.74, 6) is 0.413. The zero-order chi connectivity index (χ0) is 12.1. The molecule has 0 saturated carbocycles. The Balaban J connectivity index is 1.99. The molecule has 0 amide bonds. The van der Waals surface area contributed by atoms with Gasteiger partial charge in [-0.2, -0.15) is 0 Å². The first-order valence-electron chi connectivity index (χ1n) is 5.93. The van der Waals surface area contributed by atoms with Gasteiger partial charge in [-0.3, -0.25) is 0 Å². The van der Waals surface area contributed by atoms with Crippen molar-refractivity contribution in [3.63, 3.8) is 0 Å². The molecular weight excluding hydrogens is 306 g/mol. The van der Waals surface area contributed by atoms with E-state index in [0.717, 1.165) is 4.62 Å². The maximum Gasteiger partial charge on any atom is 0.106 e. The number of hydrogen-bond donors (Lipinski definition) is 0. The van der Waals surface area contributed by atoms with E-state index >= 15 is 0 Å². The minimum absolute atomic E-state index is 0.413. The van der Waals surface area contributed by atoms with E-state index in [1.807, 2.05) is 11.8 Å². The molecule has 3 heteroatoms. The van der Waals surface area contributed by atoms with Gasteiger partial charge < -0.3 is 0 Å². The van der Waals surface area contributed by atoms with E-state index in [1.54, 1.807) is 0 Å². The number of fused-ring (bicyclic) bond motifs is 2. The molecule has 2 aliphatic heterocycles. The second kappa shape index (κ2) is 3.97. The molecule has 0 radical (unpaired) electrons. The highest BCUT2D eigenvalue weighted by molar-refractivity contribution is 9.18. The average molecular weight is 316 g/mol. The second-order valence-corrected chi connectivity index (χ2v) is 6.60. The van der Waals surface area contributed by atoms with Crippen LogP contribution >= 0.6 is 27.7 Å². The quantitative estimate of drug-likeness (QED) is 0.690. The molecule has 1 aromatic rings. The highest BCUT2D eigenvalue weighted by Crippen LogP contribution is 2.51. The van der Waals surface area contributed by atoms with E-state index < -0.39 is 0 Å². The Bertz CT molecular complexity index is 654. The molecule has 0 spiro atoms. The molecular formula is C15H10BrNS. The molecule has 1 aliphatic carbocycles. The van der Waals surface area contributed by atoms with Crippen LogP contribution < -0.4 is 0 Å². The number of aliphatic imine (C=N–C) groups is 1. The van der Waals surface area contributed by atoms with E-state index in [4.69, 9.17) is 0 Å². The van der Waals surface area contributed by atoms with Crippen LogP contribution in [0.3, 0.4) is 0 Å². The predicted molar refractivity (Wildman–Crippen MR) is 81.1 cm³/mol. The Kier molecular flexibility index (Phi) is 2.39. The van der Waals surface area contributed by atoms with Crippen LogP contribution in [-0.4, -0.2) is 9.87 Å². The molecule has 0 bridgehead atoms. The van der Waals surface area contributed by atoms with Crippen LogP contribution in [0.15, 0.2) is 64.2 Å². The lowest BCUT2D eigenvalue weighted by molar-refractivity contribution is 0.773. The van der Waals surface area contributed by atoms with E-state index in [0.29, 0.717) is 11.2 Å². The second-order valence-electron chi connectivity index (χ2n) is 4.57. The molecule has 1 nitrogen and oxygen atoms in total. The van der Waals surface area contributed by atoms with Crippen LogP contribution in [0.5, 0.6) is 0 Å². The van der Waals surface area contributed by atoms with E-state index in [-0.39, 0.29) is 0 Å². The Labute approximate surface area is 119 Å². The lowest BCUT2D eigenvalue weighted by atomic mass is 9.83. The van der Waals surface area contributed by atoms with Gasteiger partial charge in [-0.15, -0.1) is 11.8 Å². The number of halogens is 1. The molecule has 0 N–H and O–H groups in total. The lowest BCUT2D eigenvalue weighted by Crippen LogP contribution is -2.27. The minimum atomic E-state index is 0.413. The fourth-order valence-corrected chi connectivity index (χ4v) is 4.58. The first-order chi connectivity index (χ1) is 8.83. The summed E-state index contributed by atoms with van der Waals surface area (Å²) in [6.07, 6.45) is 8.72. The van der Waals surface area contributed by atoms with Gasteiger partial charge in [-0.05, 0) is 45.3 Å². The summed E-state index contributed by atoms with van der Waals surface area (Å²) in [5.41, 5.74) is 3.93. The molecule has 2 atom stereocenters. The average Bonchev–Trinajstić information content (AvgIpc) is 2.38. The molecule has 3 aliphatic rings. The van der Waals surface area contributed by atoms with Gasteiger partial charge in [0, 0.05) is 16.1 Å². The number of nitrogens with zero attached hydrogens (tertiary/aromatic N) is 1. The van der Waals surface area contributed by atoms with Gasteiger partial charge in [-0.1, -0.05) is 30.4 Å². The largest absolute Gasteiger partial charge is 0.245 e. The minimum Gasteiger partial charge on any atom is -0.245 e. The third-order valence-corrected chi connectivity index (χ3v) is 5.24. The number of thioether (sulfide) groups is 1. The highest BCUT2D eigenvalue weighted by Gasteiger charge is 2.37. The summed E-state index contributed by atoms with van der Waals surface area (Å²) in [7, 11) is 0. The molecule has 1 aromatic carbocycles. The van der Waals surface area contributed by atoms with Crippen LogP contribution in [0.2, 0.25) is 0 Å². The lowest BCUT2D eigenvalue weighted by Gasteiger charge is -2.36. The van der Waals surface area contributed by atoms with Crippen LogP contribution in [-0.2, 0) is 0 Å². The molecule has 88 valence electrons. The molecule has 0 fully saturated rings. The molecule has 0 aromatic heterocycles. The topological polar surface area (TPSA) is 12.4 Å². The number of rotatable bonds is 0. The third-order valence-electron chi connectivity index (χ3n) is 3.52. The van der Waals surface area contributed by atoms with Gasteiger partial charge in [-0.25, -0.2) is 4.99 Å². The highest BCUT2D eigenvalue weighted by atomic mass is 79.9. The first-order valence-corrected chi connectivity index (χ1v) is 7.60. The Hall–Kier alpha value is -1.06. The van der Waals surface area contributed by atoms with Crippen molar-refractivity contribution in [2.24, 2.45) is 10.9 Å². The van der Waals surface area contributed by atoms with Crippen molar-refractivity contribution in [2.45, 2.75) is 10.1 Å². The molecule has 0 saturated heterocycles. The van der Waals surface area contributed by atoms with Gasteiger partial charge in [0.15, 0.2) is 0 Å². The summed E-state index contributed by atoms with van der Waals surface area (Å²) >= 11 is 5.48. The van der Waals surface area contributed by atoms with Crippen molar-refractivity contribution in [1.29, 1.82) is 0 Å². The fraction of sp³-hybridized carbons (Fsp3) is 0.133. The van der Waals surface area contributed by atoms with Gasteiger partial charge in [0.05, 0.1) is 5.70 Å². The Morgan fingerprint density at radius 1 is 1.22 bits per heavy atom. The van der Waals surface area contributed by atoms with Gasteiger partial charge in [0.25, 0.3) is 0 Å². The first kappa shape index (κ1) is 10.8. The van der Waals surface area contributed by atoms with Crippen molar-refractivity contribution >= 4 is 37.9 Å². The van der Waals surface area contributed by atoms with Gasteiger partial charge in [0.2, 0.25) is 0 Å². The van der Waals surface area contributed by atoms with E-state index in [9.17, 15) is 0 Å². The zero-order valence-electron chi connectivity index (χ0n) is 9.51. The zero-order valence-corrected chi connectivity index (χ0v) is 11.9. The standard InChI is InChI=1S/C15H10BrNS/c16-14-8-10-9-4-1-2-6-12(9)18-13-7-3-5-11(17-14)15(10)13/h1-8,13,15H. The molecule has 18 heavy (non-hydrogen) atoms. The monoisotopic (exact) mass is 315 g/mol. The number of hydrogen-bond acceptors (Lipinski definition) is 2. The van der Waals surface area contributed by atoms with Crippen molar-refractivity contribution < 1.29 is 0 Å². The molecule has 2 heterocycles. The number of benzene rings is 1. The Morgan fingerprint density at radius 3 is 3.06 bits per heavy atom. The van der Waals surface area contributed by atoms with Gasteiger partial charge >= 0.3 is 0 Å². The van der Waals surface area contributed by atoms with Crippen LogP contribution in [0.4, 0.5) is 0 Å². The van der Waals surface area contributed by atoms with E-state index in [2.05, 4.69) is 69.5 Å². The van der Waals surface area contributed by atoms with Gasteiger partial charge in [0.1, 0.15) is 4.62 Å². The summed E-state index contributed by atoms with van der Waals surface area (Å²) in [5, 5.41) is 0.482. The molecule has 4 rings (SSSR count). The summed E-state index contributed by atoms with van der Waals surface area (Å²) in [4.78, 5) is 5.99. The predicted octanol–water partition coefficient (Wildman–Crippen LogP) is 4.42. The Morgan fingerprint density at radius 2 is 2.11 bits per heavy atom. The van der Waals surface area contributed by atoms with Crippen LogP contribution in [0, 0.1) is 5.92 Å². The van der Waals surface area contributed by atoms with Crippen molar-refractivity contribution in [1.82, 2.24) is 0 Å². The summed E-state index contributed by atoms with van der Waals surface area (Å²) in [6.45, 7) is 0. The van der Waals surface area contributed by atoms with E-state index in [1.165, 1.54) is 21.7 Å². The normalized spacial score (nSPS) is 27.7. The SMILES string of the molecule is BrC1=NC2=CC=CC3Sc4ccccc4C(=C1)C23. The summed E-state index contributed by atoms with van der Waals surface area (Å²) < 4.78 is 0.927. The number of dihydropyridines is 1. The van der Waals surface area contributed by atoms with Crippen LogP contribution in [0.25, 0.3) is 5.57 Å². The third kappa shape index (κ3) is 1.50. The van der Waals surface area contributed by atoms with Crippen molar-refractivity contribution in [3.8, 4) is 0 Å². The van der Waals surface area contributed by atoms with Crippen LogP contribution in [0.1, 0.15) is 5.56 Å². The van der Waals surface area contributed by atoms with Crippen molar-refractivity contribution in [2.75, 3.05) is 0 Å². The maximum absolute atomic E-state index is 4.61. The number of allylic oxidation sites excluding steroid dienone is 4. The summed E-state index contributed by atoms with van der Waals surface area (Å²) in [6, 6.07) is 8.65.